The molecule has 2 atom stereocenters. The van der Waals surface area contributed by atoms with Crippen LogP contribution in [0.25, 0.3) is 11.0 Å². The second-order valence-electron chi connectivity index (χ2n) is 5.59. The van der Waals surface area contributed by atoms with E-state index in [0.29, 0.717) is 0 Å². The van der Waals surface area contributed by atoms with Crippen LogP contribution in [0.3, 0.4) is 0 Å². The van der Waals surface area contributed by atoms with E-state index in [-0.39, 0.29) is 12.0 Å². The van der Waals surface area contributed by atoms with Gasteiger partial charge in [-0.15, -0.1) is 0 Å². The molecular weight excluding hydrogens is 274 g/mol. The highest BCUT2D eigenvalue weighted by Crippen LogP contribution is 2.32. The molecule has 3 aromatic rings. The molecule has 2 unspecified atom stereocenters. The summed E-state index contributed by atoms with van der Waals surface area (Å²) in [6.45, 7) is 2.85. The molecule has 0 saturated carbocycles. The Balaban J connectivity index is 1.73. The van der Waals surface area contributed by atoms with Gasteiger partial charge in [-0.1, -0.05) is 6.07 Å². The molecule has 0 aliphatic carbocycles. The number of hydrogen-bond donors (Lipinski definition) is 2. The molecule has 4 heterocycles. The third kappa shape index (κ3) is 2.34. The van der Waals surface area contributed by atoms with E-state index in [0.717, 1.165) is 34.7 Å². The predicted octanol–water partition coefficient (Wildman–Crippen LogP) is 2.27. The van der Waals surface area contributed by atoms with E-state index in [1.54, 1.807) is 6.20 Å². The summed E-state index contributed by atoms with van der Waals surface area (Å²) < 4.78 is 0. The average Bonchev–Trinajstić information content (AvgIpc) is 3.04. The van der Waals surface area contributed by atoms with E-state index in [1.165, 1.54) is 0 Å². The zero-order valence-corrected chi connectivity index (χ0v) is 12.3. The molecule has 22 heavy (non-hydrogen) atoms. The van der Waals surface area contributed by atoms with E-state index in [4.69, 9.17) is 4.98 Å². The van der Waals surface area contributed by atoms with Crippen LogP contribution in [0.15, 0.2) is 48.7 Å². The van der Waals surface area contributed by atoms with E-state index >= 15 is 0 Å². The molecule has 0 radical (unpaired) electrons. The van der Waals surface area contributed by atoms with Crippen molar-refractivity contribution in [3.63, 3.8) is 0 Å². The molecule has 110 valence electrons. The van der Waals surface area contributed by atoms with Gasteiger partial charge in [0.05, 0.1) is 22.8 Å². The summed E-state index contributed by atoms with van der Waals surface area (Å²) in [5.41, 5.74) is 11.6. The minimum Gasteiger partial charge on any atom is -0.256 e. The lowest BCUT2D eigenvalue weighted by Gasteiger charge is -2.18. The molecule has 0 amide bonds. The first-order valence-electron chi connectivity index (χ1n) is 7.45. The van der Waals surface area contributed by atoms with Gasteiger partial charge in [-0.2, -0.15) is 0 Å². The van der Waals surface area contributed by atoms with Crippen LogP contribution in [-0.4, -0.2) is 21.5 Å². The van der Waals surface area contributed by atoms with Gasteiger partial charge in [0, 0.05) is 30.0 Å². The Morgan fingerprint density at radius 1 is 0.955 bits per heavy atom. The highest BCUT2D eigenvalue weighted by atomic mass is 15.4. The zero-order valence-electron chi connectivity index (χ0n) is 12.3. The number of nitrogens with zero attached hydrogens (tertiary/aromatic N) is 3. The van der Waals surface area contributed by atoms with Crippen LogP contribution in [0, 0.1) is 6.92 Å². The summed E-state index contributed by atoms with van der Waals surface area (Å²) in [4.78, 5) is 13.8. The number of rotatable bonds is 2. The van der Waals surface area contributed by atoms with E-state index in [1.807, 2.05) is 37.3 Å². The van der Waals surface area contributed by atoms with Crippen LogP contribution in [0.1, 0.15) is 29.0 Å². The number of nitrogens with one attached hydrogen (secondary N) is 2. The van der Waals surface area contributed by atoms with Gasteiger partial charge in [0.25, 0.3) is 0 Å². The predicted molar refractivity (Wildman–Crippen MR) is 85.1 cm³/mol. The van der Waals surface area contributed by atoms with Crippen molar-refractivity contribution < 1.29 is 0 Å². The minimum absolute atomic E-state index is 0.126. The smallest absolute Gasteiger partial charge is 0.0890 e. The summed E-state index contributed by atoms with van der Waals surface area (Å²) >= 11 is 0. The Morgan fingerprint density at radius 3 is 2.82 bits per heavy atom. The zero-order chi connectivity index (χ0) is 14.9. The molecule has 1 saturated heterocycles. The van der Waals surface area contributed by atoms with Crippen molar-refractivity contribution in [1.29, 1.82) is 0 Å². The number of hydrogen-bond acceptors (Lipinski definition) is 5. The lowest BCUT2D eigenvalue weighted by molar-refractivity contribution is 0.535. The third-order valence-electron chi connectivity index (χ3n) is 4.07. The van der Waals surface area contributed by atoms with Crippen molar-refractivity contribution in [2.75, 3.05) is 6.54 Å². The van der Waals surface area contributed by atoms with Crippen LogP contribution in [0.5, 0.6) is 0 Å². The molecule has 1 aliphatic rings. The molecule has 5 nitrogen and oxygen atoms in total. The van der Waals surface area contributed by atoms with Gasteiger partial charge in [0.15, 0.2) is 0 Å². The Morgan fingerprint density at radius 2 is 1.91 bits per heavy atom. The van der Waals surface area contributed by atoms with Crippen molar-refractivity contribution >= 4 is 11.0 Å². The highest BCUT2D eigenvalue weighted by molar-refractivity contribution is 5.73. The fraction of sp³-hybridized carbons (Fsp3) is 0.235. The first-order valence-corrected chi connectivity index (χ1v) is 7.45. The van der Waals surface area contributed by atoms with Gasteiger partial charge in [0.2, 0.25) is 0 Å². The minimum atomic E-state index is 0.126. The largest absolute Gasteiger partial charge is 0.256 e. The normalized spacial score (nSPS) is 21.3. The third-order valence-corrected chi connectivity index (χ3v) is 4.07. The molecular formula is C17H17N5. The van der Waals surface area contributed by atoms with E-state index in [9.17, 15) is 0 Å². The van der Waals surface area contributed by atoms with Crippen LogP contribution in [-0.2, 0) is 0 Å². The summed E-state index contributed by atoms with van der Waals surface area (Å²) in [5, 5.41) is 0. The van der Waals surface area contributed by atoms with Crippen molar-refractivity contribution in [3.8, 4) is 0 Å². The number of fused-ring (bicyclic) bond motifs is 1. The van der Waals surface area contributed by atoms with E-state index in [2.05, 4.69) is 33.0 Å². The Bertz CT molecular complexity index is 817. The topological polar surface area (TPSA) is 62.7 Å². The fourth-order valence-corrected chi connectivity index (χ4v) is 2.97. The molecule has 0 aromatic carbocycles. The monoisotopic (exact) mass is 291 g/mol. The van der Waals surface area contributed by atoms with Gasteiger partial charge in [-0.25, -0.2) is 5.43 Å². The van der Waals surface area contributed by atoms with Gasteiger partial charge < -0.3 is 0 Å². The fourth-order valence-electron chi connectivity index (χ4n) is 2.97. The van der Waals surface area contributed by atoms with Crippen molar-refractivity contribution in [3.05, 3.63) is 65.7 Å². The molecule has 4 rings (SSSR count). The van der Waals surface area contributed by atoms with Crippen molar-refractivity contribution in [2.24, 2.45) is 0 Å². The molecule has 1 fully saturated rings. The lowest BCUT2D eigenvalue weighted by atomic mass is 9.94. The van der Waals surface area contributed by atoms with Crippen LogP contribution in [0.2, 0.25) is 0 Å². The molecule has 1 aliphatic heterocycles. The van der Waals surface area contributed by atoms with Crippen molar-refractivity contribution in [1.82, 2.24) is 25.8 Å². The maximum absolute atomic E-state index is 4.79. The highest BCUT2D eigenvalue weighted by Gasteiger charge is 2.31. The molecule has 0 bridgehead atoms. The Kier molecular flexibility index (Phi) is 3.29. The maximum Gasteiger partial charge on any atom is 0.0890 e. The lowest BCUT2D eigenvalue weighted by Crippen LogP contribution is -2.25. The number of hydrazine groups is 1. The molecule has 0 spiro atoms. The number of pyridine rings is 3. The van der Waals surface area contributed by atoms with Gasteiger partial charge in [-0.05, 0) is 43.3 Å². The quantitative estimate of drug-likeness (QED) is 0.758. The second kappa shape index (κ2) is 5.44. The van der Waals surface area contributed by atoms with Gasteiger partial charge in [0.1, 0.15) is 0 Å². The summed E-state index contributed by atoms with van der Waals surface area (Å²) in [5.74, 6) is 0.249. The average molecular weight is 291 g/mol. The molecule has 2 N–H and O–H groups in total. The molecule has 3 aromatic heterocycles. The molecule has 5 heteroatoms. The van der Waals surface area contributed by atoms with Crippen LogP contribution >= 0.6 is 0 Å². The number of aryl methyl sites for hydroxylation is 1. The van der Waals surface area contributed by atoms with Crippen LogP contribution < -0.4 is 10.9 Å². The van der Waals surface area contributed by atoms with Gasteiger partial charge >= 0.3 is 0 Å². The van der Waals surface area contributed by atoms with Gasteiger partial charge in [-0.3, -0.25) is 20.4 Å². The maximum atomic E-state index is 4.79. The summed E-state index contributed by atoms with van der Waals surface area (Å²) in [6, 6.07) is 14.3. The first kappa shape index (κ1) is 13.3. The Hall–Kier alpha value is -2.37. The number of aromatic nitrogens is 3. The SMILES string of the molecule is Cc1cccc(C2NNCC2c2ccc3ncccc3n2)n1. The van der Waals surface area contributed by atoms with E-state index < -0.39 is 0 Å². The second-order valence-corrected chi connectivity index (χ2v) is 5.59. The first-order chi connectivity index (χ1) is 10.8. The Labute approximate surface area is 128 Å². The van der Waals surface area contributed by atoms with Crippen LogP contribution in [0.4, 0.5) is 0 Å². The van der Waals surface area contributed by atoms with Crippen molar-refractivity contribution in [2.45, 2.75) is 18.9 Å². The standard InChI is InChI=1S/C17H17N5/c1-11-4-2-5-16(20-11)17-12(10-19-22-17)13-7-8-14-15(21-13)6-3-9-18-14/h2-9,12,17,19,22H,10H2,1H3. The summed E-state index contributed by atoms with van der Waals surface area (Å²) in [7, 11) is 0. The summed E-state index contributed by atoms with van der Waals surface area (Å²) in [6.07, 6.45) is 1.79.